The summed E-state index contributed by atoms with van der Waals surface area (Å²) in [5.41, 5.74) is 11.3. The average Bonchev–Trinajstić information content (AvgIpc) is 2.85. The molecule has 0 saturated heterocycles. The van der Waals surface area contributed by atoms with Gasteiger partial charge in [-0.25, -0.2) is 4.58 Å². The van der Waals surface area contributed by atoms with Crippen LogP contribution in [0.4, 0.5) is 5.69 Å². The largest absolute Gasteiger partial charge is 0.210 e. The van der Waals surface area contributed by atoms with Gasteiger partial charge in [-0.15, -0.1) is 0 Å². The summed E-state index contributed by atoms with van der Waals surface area (Å²) in [5.74, 6) is 0.538. The molecule has 0 spiro atoms. The van der Waals surface area contributed by atoms with Crippen LogP contribution in [0.1, 0.15) is 51.3 Å². The van der Waals surface area contributed by atoms with Gasteiger partial charge in [-0.1, -0.05) is 23.3 Å². The maximum Gasteiger partial charge on any atom is 0.210 e. The van der Waals surface area contributed by atoms with E-state index in [2.05, 4.69) is 76.6 Å². The van der Waals surface area contributed by atoms with E-state index in [0.29, 0.717) is 5.92 Å². The molecule has 1 aliphatic heterocycles. The molecular weight excluding hydrogens is 278 g/mol. The van der Waals surface area contributed by atoms with E-state index >= 15 is 0 Å². The fourth-order valence-corrected chi connectivity index (χ4v) is 4.45. The summed E-state index contributed by atoms with van der Waals surface area (Å²) in [6.45, 7) is 14.5. The molecule has 0 amide bonds. The molecule has 3 rings (SSSR count). The van der Waals surface area contributed by atoms with Gasteiger partial charge < -0.3 is 0 Å². The molecule has 0 aromatic heterocycles. The fraction of sp³-hybridized carbons (Fsp3) is 0.409. The van der Waals surface area contributed by atoms with E-state index in [4.69, 9.17) is 0 Å². The molecule has 1 nitrogen and oxygen atoms in total. The van der Waals surface area contributed by atoms with Gasteiger partial charge in [0.05, 0.1) is 5.92 Å². The maximum absolute atomic E-state index is 2.48. The summed E-state index contributed by atoms with van der Waals surface area (Å²) in [6, 6.07) is 9.24. The molecule has 0 saturated carbocycles. The van der Waals surface area contributed by atoms with Crippen LogP contribution >= 0.6 is 0 Å². The van der Waals surface area contributed by atoms with Gasteiger partial charge in [-0.05, 0) is 70.4 Å². The maximum atomic E-state index is 2.48. The van der Waals surface area contributed by atoms with E-state index in [0.717, 1.165) is 6.54 Å². The normalized spacial score (nSPS) is 17.5. The topological polar surface area (TPSA) is 3.01 Å². The molecule has 2 aromatic carbocycles. The van der Waals surface area contributed by atoms with Crippen LogP contribution in [0.3, 0.4) is 0 Å². The molecule has 1 unspecified atom stereocenters. The lowest BCUT2D eigenvalue weighted by Crippen LogP contribution is -2.06. The van der Waals surface area contributed by atoms with Gasteiger partial charge in [0.1, 0.15) is 6.54 Å². The van der Waals surface area contributed by atoms with Crippen molar-refractivity contribution < 1.29 is 4.58 Å². The predicted molar refractivity (Wildman–Crippen MR) is 99.5 cm³/mol. The van der Waals surface area contributed by atoms with Crippen LogP contribution in [0.5, 0.6) is 0 Å². The second-order valence-corrected chi connectivity index (χ2v) is 7.30. The molecule has 1 aliphatic rings. The quantitative estimate of drug-likeness (QED) is 0.650. The third-order valence-corrected chi connectivity index (χ3v) is 5.07. The van der Waals surface area contributed by atoms with E-state index < -0.39 is 0 Å². The molecule has 120 valence electrons. The van der Waals surface area contributed by atoms with Crippen LogP contribution in [-0.4, -0.2) is 17.3 Å². The van der Waals surface area contributed by atoms with Crippen molar-refractivity contribution in [2.75, 3.05) is 6.54 Å². The van der Waals surface area contributed by atoms with Gasteiger partial charge in [0.2, 0.25) is 5.69 Å². The molecule has 0 radical (unpaired) electrons. The lowest BCUT2D eigenvalue weighted by molar-refractivity contribution is -0.427. The van der Waals surface area contributed by atoms with E-state index in [1.807, 2.05) is 0 Å². The standard InChI is InChI=1S/C22H28N/c1-14-9-16(3)21(17(4)10-14)20-7-8-23(13-20)22-18(5)11-15(2)12-19(22)6/h9-13,20H,7-8H2,1-6H3/q+1. The number of aryl methyl sites for hydroxylation is 6. The number of benzene rings is 2. The molecule has 1 atom stereocenters. The molecule has 0 N–H and O–H groups in total. The minimum absolute atomic E-state index is 0.538. The van der Waals surface area contributed by atoms with Crippen LogP contribution in [-0.2, 0) is 0 Å². The number of hydrogen-bond acceptors (Lipinski definition) is 0. The third-order valence-electron chi connectivity index (χ3n) is 5.07. The van der Waals surface area contributed by atoms with Crippen LogP contribution in [0, 0.1) is 41.5 Å². The average molecular weight is 306 g/mol. The zero-order valence-electron chi connectivity index (χ0n) is 15.3. The van der Waals surface area contributed by atoms with Crippen molar-refractivity contribution >= 4 is 11.9 Å². The van der Waals surface area contributed by atoms with Crippen molar-refractivity contribution in [2.45, 2.75) is 53.9 Å². The highest BCUT2D eigenvalue weighted by atomic mass is 15.0. The summed E-state index contributed by atoms with van der Waals surface area (Å²) in [6.07, 6.45) is 3.66. The Kier molecular flexibility index (Phi) is 4.14. The number of rotatable bonds is 2. The SMILES string of the molecule is Cc1cc(C)c(C2C=[N+](c3c(C)cc(C)cc3C)CC2)c(C)c1. The van der Waals surface area contributed by atoms with Gasteiger partial charge in [0.15, 0.2) is 6.21 Å². The zero-order valence-corrected chi connectivity index (χ0v) is 15.3. The second kappa shape index (κ2) is 5.96. The molecule has 0 bridgehead atoms. The molecule has 1 heterocycles. The van der Waals surface area contributed by atoms with E-state index in [9.17, 15) is 0 Å². The Labute approximate surface area is 140 Å². The van der Waals surface area contributed by atoms with Crippen LogP contribution in [0.25, 0.3) is 0 Å². The van der Waals surface area contributed by atoms with Crippen molar-refractivity contribution in [3.8, 4) is 0 Å². The van der Waals surface area contributed by atoms with Gasteiger partial charge in [0.25, 0.3) is 0 Å². The number of nitrogens with zero attached hydrogens (tertiary/aromatic N) is 1. The van der Waals surface area contributed by atoms with E-state index in [1.165, 1.54) is 51.1 Å². The Morgan fingerprint density at radius 3 is 1.74 bits per heavy atom. The van der Waals surface area contributed by atoms with Crippen LogP contribution in [0.2, 0.25) is 0 Å². The minimum atomic E-state index is 0.538. The monoisotopic (exact) mass is 306 g/mol. The highest BCUT2D eigenvalue weighted by Crippen LogP contribution is 2.33. The van der Waals surface area contributed by atoms with Crippen molar-refractivity contribution in [1.29, 1.82) is 0 Å². The zero-order chi connectivity index (χ0) is 16.7. The molecule has 23 heavy (non-hydrogen) atoms. The first-order chi connectivity index (χ1) is 10.9. The van der Waals surface area contributed by atoms with Gasteiger partial charge in [-0.2, -0.15) is 0 Å². The Bertz CT molecular complexity index is 750. The Hall–Kier alpha value is -1.89. The van der Waals surface area contributed by atoms with Crippen LogP contribution in [0.15, 0.2) is 24.3 Å². The second-order valence-electron chi connectivity index (χ2n) is 7.30. The Balaban J connectivity index is 2.03. The van der Waals surface area contributed by atoms with Gasteiger partial charge >= 0.3 is 0 Å². The first-order valence-electron chi connectivity index (χ1n) is 8.64. The smallest absolute Gasteiger partial charge is 0.202 e. The van der Waals surface area contributed by atoms with E-state index in [1.54, 1.807) is 0 Å². The minimum Gasteiger partial charge on any atom is -0.202 e. The number of hydrogen-bond donors (Lipinski definition) is 0. The van der Waals surface area contributed by atoms with Crippen LogP contribution < -0.4 is 0 Å². The third kappa shape index (κ3) is 2.97. The molecular formula is C22H28N+. The summed E-state index contributed by atoms with van der Waals surface area (Å²) >= 11 is 0. The van der Waals surface area contributed by atoms with Gasteiger partial charge in [0, 0.05) is 17.5 Å². The Morgan fingerprint density at radius 1 is 0.739 bits per heavy atom. The van der Waals surface area contributed by atoms with E-state index in [-0.39, 0.29) is 0 Å². The first kappa shape index (κ1) is 16.0. The highest BCUT2D eigenvalue weighted by Gasteiger charge is 2.29. The first-order valence-corrected chi connectivity index (χ1v) is 8.64. The highest BCUT2D eigenvalue weighted by molar-refractivity contribution is 5.69. The molecule has 0 aliphatic carbocycles. The summed E-state index contributed by atoms with van der Waals surface area (Å²) in [4.78, 5) is 0. The van der Waals surface area contributed by atoms with Crippen molar-refractivity contribution in [3.63, 3.8) is 0 Å². The molecule has 1 heteroatoms. The van der Waals surface area contributed by atoms with Gasteiger partial charge in [-0.3, -0.25) is 0 Å². The van der Waals surface area contributed by atoms with Crippen molar-refractivity contribution in [3.05, 3.63) is 63.2 Å². The van der Waals surface area contributed by atoms with Crippen molar-refractivity contribution in [2.24, 2.45) is 0 Å². The van der Waals surface area contributed by atoms with Crippen molar-refractivity contribution in [1.82, 2.24) is 0 Å². The predicted octanol–water partition coefficient (Wildman–Crippen LogP) is 5.44. The molecule has 0 fully saturated rings. The Morgan fingerprint density at radius 2 is 1.22 bits per heavy atom. The summed E-state index contributed by atoms with van der Waals surface area (Å²) in [5, 5.41) is 0. The fourth-order valence-electron chi connectivity index (χ4n) is 4.45. The lowest BCUT2D eigenvalue weighted by Gasteiger charge is -2.13. The summed E-state index contributed by atoms with van der Waals surface area (Å²) < 4.78 is 2.48. The lowest BCUT2D eigenvalue weighted by atomic mass is 9.89. The molecule has 2 aromatic rings. The summed E-state index contributed by atoms with van der Waals surface area (Å²) in [7, 11) is 0.